The van der Waals surface area contributed by atoms with Crippen molar-refractivity contribution >= 4 is 23.1 Å². The zero-order valence-electron chi connectivity index (χ0n) is 9.05. The molecule has 0 saturated heterocycles. The van der Waals surface area contributed by atoms with Crippen molar-refractivity contribution in [3.63, 3.8) is 0 Å². The minimum atomic E-state index is -0.570. The molecule has 0 atom stereocenters. The molecule has 0 saturated carbocycles. The van der Waals surface area contributed by atoms with Crippen LogP contribution in [0.2, 0.25) is 0 Å². The number of amides is 2. The van der Waals surface area contributed by atoms with Crippen LogP contribution >= 0.6 is 0 Å². The highest BCUT2D eigenvalue weighted by molar-refractivity contribution is 5.88. The topological polar surface area (TPSA) is 80.0 Å². The van der Waals surface area contributed by atoms with E-state index in [9.17, 15) is 4.79 Å². The zero-order valence-corrected chi connectivity index (χ0v) is 9.05. The van der Waals surface area contributed by atoms with Gasteiger partial charge in [-0.2, -0.15) is 0 Å². The summed E-state index contributed by atoms with van der Waals surface area (Å²) in [5.74, 6) is 0. The largest absolute Gasteiger partial charge is 0.355 e. The van der Waals surface area contributed by atoms with Crippen LogP contribution in [0.25, 0.3) is 0 Å². The van der Waals surface area contributed by atoms with Gasteiger partial charge in [-0.3, -0.25) is 4.98 Å². The lowest BCUT2D eigenvalue weighted by atomic mass is 10.2. The third kappa shape index (κ3) is 3.20. The van der Waals surface area contributed by atoms with Crippen molar-refractivity contribution in [2.45, 2.75) is 0 Å². The smallest absolute Gasteiger partial charge is 0.316 e. The van der Waals surface area contributed by atoms with Crippen LogP contribution in [0.15, 0.2) is 48.8 Å². The molecule has 0 aliphatic rings. The van der Waals surface area contributed by atoms with Gasteiger partial charge in [0, 0.05) is 29.5 Å². The molecule has 5 heteroatoms. The Balaban J connectivity index is 2.06. The molecule has 4 N–H and O–H groups in total. The van der Waals surface area contributed by atoms with Crippen LogP contribution in [0, 0.1) is 0 Å². The van der Waals surface area contributed by atoms with E-state index in [1.165, 1.54) is 0 Å². The Morgan fingerprint density at radius 3 is 2.06 bits per heavy atom. The first-order chi connectivity index (χ1) is 8.24. The van der Waals surface area contributed by atoms with Crippen LogP contribution < -0.4 is 16.4 Å². The number of pyridine rings is 1. The summed E-state index contributed by atoms with van der Waals surface area (Å²) in [6, 6.07) is 10.4. The zero-order chi connectivity index (χ0) is 12.1. The van der Waals surface area contributed by atoms with Crippen molar-refractivity contribution < 1.29 is 4.79 Å². The second-order valence-corrected chi connectivity index (χ2v) is 3.43. The maximum Gasteiger partial charge on any atom is 0.316 e. The number of carbonyl (C=O) groups is 1. The van der Waals surface area contributed by atoms with Gasteiger partial charge >= 0.3 is 6.03 Å². The van der Waals surface area contributed by atoms with E-state index in [0.717, 1.165) is 11.4 Å². The predicted molar refractivity (Wildman–Crippen MR) is 67.2 cm³/mol. The maximum absolute atomic E-state index is 10.6. The summed E-state index contributed by atoms with van der Waals surface area (Å²) < 4.78 is 0. The highest BCUT2D eigenvalue weighted by atomic mass is 16.2. The number of carbonyl (C=O) groups excluding carboxylic acids is 1. The molecular formula is C12H12N4O. The number of nitrogens with two attached hydrogens (primary N) is 1. The van der Waals surface area contributed by atoms with Crippen molar-refractivity contribution in [3.8, 4) is 0 Å². The van der Waals surface area contributed by atoms with Gasteiger partial charge in [0.25, 0.3) is 0 Å². The number of nitrogens with zero attached hydrogens (tertiary/aromatic N) is 1. The van der Waals surface area contributed by atoms with Gasteiger partial charge in [0.05, 0.1) is 0 Å². The first kappa shape index (κ1) is 10.9. The highest BCUT2D eigenvalue weighted by Crippen LogP contribution is 2.17. The van der Waals surface area contributed by atoms with Crippen LogP contribution in [0.5, 0.6) is 0 Å². The number of hydrogen-bond donors (Lipinski definition) is 3. The van der Waals surface area contributed by atoms with E-state index >= 15 is 0 Å². The summed E-state index contributed by atoms with van der Waals surface area (Å²) >= 11 is 0. The molecule has 1 aromatic carbocycles. The molecule has 0 fully saturated rings. The highest BCUT2D eigenvalue weighted by Gasteiger charge is 1.97. The lowest BCUT2D eigenvalue weighted by Gasteiger charge is -2.07. The van der Waals surface area contributed by atoms with Gasteiger partial charge in [0.15, 0.2) is 0 Å². The van der Waals surface area contributed by atoms with Gasteiger partial charge in [-0.15, -0.1) is 0 Å². The summed E-state index contributed by atoms with van der Waals surface area (Å²) in [6.45, 7) is 0. The molecule has 0 aliphatic heterocycles. The van der Waals surface area contributed by atoms with Crippen molar-refractivity contribution in [3.05, 3.63) is 48.8 Å². The molecule has 0 unspecified atom stereocenters. The molecule has 5 nitrogen and oxygen atoms in total. The van der Waals surface area contributed by atoms with Crippen LogP contribution in [-0.2, 0) is 0 Å². The van der Waals surface area contributed by atoms with E-state index in [-0.39, 0.29) is 0 Å². The summed E-state index contributed by atoms with van der Waals surface area (Å²) in [4.78, 5) is 14.6. The van der Waals surface area contributed by atoms with Crippen molar-refractivity contribution in [1.29, 1.82) is 0 Å². The normalized spacial score (nSPS) is 9.65. The van der Waals surface area contributed by atoms with Gasteiger partial charge in [0.2, 0.25) is 0 Å². The molecule has 0 radical (unpaired) electrons. The second-order valence-electron chi connectivity index (χ2n) is 3.43. The van der Waals surface area contributed by atoms with Crippen LogP contribution in [0.1, 0.15) is 0 Å². The number of rotatable bonds is 3. The lowest BCUT2D eigenvalue weighted by molar-refractivity contribution is 0.259. The van der Waals surface area contributed by atoms with Crippen molar-refractivity contribution in [2.75, 3.05) is 10.6 Å². The number of hydrogen-bond acceptors (Lipinski definition) is 3. The molecule has 17 heavy (non-hydrogen) atoms. The quantitative estimate of drug-likeness (QED) is 0.754. The Bertz CT molecular complexity index is 496. The van der Waals surface area contributed by atoms with Crippen molar-refractivity contribution in [2.24, 2.45) is 5.73 Å². The molecule has 0 bridgehead atoms. The van der Waals surface area contributed by atoms with E-state index in [2.05, 4.69) is 15.6 Å². The molecule has 0 spiro atoms. The molecule has 1 aromatic heterocycles. The fourth-order valence-corrected chi connectivity index (χ4v) is 1.38. The summed E-state index contributed by atoms with van der Waals surface area (Å²) in [5.41, 5.74) is 7.55. The monoisotopic (exact) mass is 228 g/mol. The summed E-state index contributed by atoms with van der Waals surface area (Å²) in [7, 11) is 0. The fraction of sp³-hybridized carbons (Fsp3) is 0. The van der Waals surface area contributed by atoms with Gasteiger partial charge in [-0.05, 0) is 36.4 Å². The molecular weight excluding hydrogens is 216 g/mol. The van der Waals surface area contributed by atoms with Crippen LogP contribution in [-0.4, -0.2) is 11.0 Å². The van der Waals surface area contributed by atoms with Gasteiger partial charge < -0.3 is 16.4 Å². The molecule has 86 valence electrons. The van der Waals surface area contributed by atoms with Gasteiger partial charge in [0.1, 0.15) is 0 Å². The van der Waals surface area contributed by atoms with E-state index in [1.807, 2.05) is 24.3 Å². The van der Waals surface area contributed by atoms with Crippen LogP contribution in [0.3, 0.4) is 0 Å². The van der Waals surface area contributed by atoms with E-state index in [1.54, 1.807) is 24.5 Å². The summed E-state index contributed by atoms with van der Waals surface area (Å²) in [5, 5.41) is 5.70. The van der Waals surface area contributed by atoms with E-state index in [4.69, 9.17) is 5.73 Å². The molecule has 2 amide bonds. The Hall–Kier alpha value is -2.56. The minimum absolute atomic E-state index is 0.570. The van der Waals surface area contributed by atoms with Gasteiger partial charge in [-0.1, -0.05) is 0 Å². The third-order valence-electron chi connectivity index (χ3n) is 2.12. The number of benzene rings is 1. The lowest BCUT2D eigenvalue weighted by Crippen LogP contribution is -2.19. The number of primary amides is 1. The van der Waals surface area contributed by atoms with E-state index < -0.39 is 6.03 Å². The molecule has 1 heterocycles. The van der Waals surface area contributed by atoms with Crippen molar-refractivity contribution in [1.82, 2.24) is 4.98 Å². The fourth-order valence-electron chi connectivity index (χ4n) is 1.38. The number of aromatic nitrogens is 1. The predicted octanol–water partition coefficient (Wildman–Crippen LogP) is 2.32. The van der Waals surface area contributed by atoms with E-state index in [0.29, 0.717) is 5.69 Å². The summed E-state index contributed by atoms with van der Waals surface area (Å²) in [6.07, 6.45) is 3.43. The standard InChI is InChI=1S/C12H12N4O/c13-12(17)16-10-3-1-9(2-4-10)15-11-5-7-14-8-6-11/h1-8H,(H,14,15)(H3,13,16,17). The third-order valence-corrected chi connectivity index (χ3v) is 2.12. The SMILES string of the molecule is NC(=O)Nc1ccc(Nc2ccncc2)cc1. The Kier molecular flexibility index (Phi) is 3.20. The average Bonchev–Trinajstić information content (AvgIpc) is 2.32. The number of urea groups is 1. The Labute approximate surface area is 98.7 Å². The van der Waals surface area contributed by atoms with Gasteiger partial charge in [-0.25, -0.2) is 4.79 Å². The Morgan fingerprint density at radius 1 is 0.941 bits per heavy atom. The molecule has 0 aliphatic carbocycles. The first-order valence-electron chi connectivity index (χ1n) is 5.07. The maximum atomic E-state index is 10.6. The second kappa shape index (κ2) is 4.98. The average molecular weight is 228 g/mol. The number of nitrogens with one attached hydrogen (secondary N) is 2. The van der Waals surface area contributed by atoms with Crippen LogP contribution in [0.4, 0.5) is 21.9 Å². The molecule has 2 rings (SSSR count). The molecule has 2 aromatic rings. The first-order valence-corrected chi connectivity index (χ1v) is 5.07. The number of anilines is 3. The Morgan fingerprint density at radius 2 is 1.47 bits per heavy atom. The minimum Gasteiger partial charge on any atom is -0.355 e.